The van der Waals surface area contributed by atoms with Crippen molar-refractivity contribution in [3.63, 3.8) is 0 Å². The predicted octanol–water partition coefficient (Wildman–Crippen LogP) is 2.40. The number of pyridine rings is 1. The third-order valence-corrected chi connectivity index (χ3v) is 4.98. The molecule has 8 nitrogen and oxygen atoms in total. The van der Waals surface area contributed by atoms with E-state index in [4.69, 9.17) is 16.3 Å². The van der Waals surface area contributed by atoms with Crippen molar-refractivity contribution < 1.29 is 17.9 Å². The molecule has 3 aromatic rings. The molecule has 158 valence electrons. The molecule has 1 aliphatic heterocycles. The van der Waals surface area contributed by atoms with E-state index in [0.29, 0.717) is 38.1 Å². The van der Waals surface area contributed by atoms with Crippen molar-refractivity contribution in [3.05, 3.63) is 63.9 Å². The minimum absolute atomic E-state index is 0.0556. The quantitative estimate of drug-likeness (QED) is 0.620. The maximum atomic E-state index is 12.7. The standard InChI is InChI=1S/C18H16ClF3N6O2/c19-16-14(26-6-7-30-13(10-26)11-27-5-1-4-24-27)9-25-28(17(16)29)15-3-2-12(8-23-15)18(20,21)22/h1-5,8-9,13H,6-7,10-11H2. The van der Waals surface area contributed by atoms with Gasteiger partial charge >= 0.3 is 6.18 Å². The van der Waals surface area contributed by atoms with Crippen molar-refractivity contribution in [1.82, 2.24) is 24.5 Å². The Bertz CT molecular complexity index is 1070. The Balaban J connectivity index is 1.56. The van der Waals surface area contributed by atoms with Crippen molar-refractivity contribution in [1.29, 1.82) is 0 Å². The van der Waals surface area contributed by atoms with E-state index in [2.05, 4.69) is 15.2 Å². The Morgan fingerprint density at radius 2 is 2.07 bits per heavy atom. The number of nitrogens with zero attached hydrogens (tertiary/aromatic N) is 6. The van der Waals surface area contributed by atoms with Gasteiger partial charge in [0.1, 0.15) is 5.02 Å². The number of ether oxygens (including phenoxy) is 1. The van der Waals surface area contributed by atoms with Crippen LogP contribution in [0.2, 0.25) is 5.02 Å². The van der Waals surface area contributed by atoms with Crippen molar-refractivity contribution in [2.75, 3.05) is 24.6 Å². The lowest BCUT2D eigenvalue weighted by molar-refractivity contribution is -0.137. The third-order valence-electron chi connectivity index (χ3n) is 4.62. The van der Waals surface area contributed by atoms with E-state index < -0.39 is 17.3 Å². The summed E-state index contributed by atoms with van der Waals surface area (Å²) in [6.07, 6.45) is 0.876. The summed E-state index contributed by atoms with van der Waals surface area (Å²) in [5, 5.41) is 8.12. The maximum Gasteiger partial charge on any atom is 0.417 e. The lowest BCUT2D eigenvalue weighted by Crippen LogP contribution is -2.45. The molecule has 0 radical (unpaired) electrons. The predicted molar refractivity (Wildman–Crippen MR) is 102 cm³/mol. The number of aromatic nitrogens is 5. The van der Waals surface area contributed by atoms with Gasteiger partial charge in [-0.1, -0.05) is 11.6 Å². The summed E-state index contributed by atoms with van der Waals surface area (Å²) in [6, 6.07) is 3.72. The minimum Gasteiger partial charge on any atom is -0.373 e. The Kier molecular flexibility index (Phi) is 5.48. The van der Waals surface area contributed by atoms with E-state index in [9.17, 15) is 18.0 Å². The Morgan fingerprint density at radius 1 is 1.23 bits per heavy atom. The van der Waals surface area contributed by atoms with Crippen LogP contribution >= 0.6 is 11.6 Å². The summed E-state index contributed by atoms with van der Waals surface area (Å²) in [6.45, 7) is 1.97. The summed E-state index contributed by atoms with van der Waals surface area (Å²) in [5.74, 6) is -0.0556. The molecular formula is C18H16ClF3N6O2. The fourth-order valence-electron chi connectivity index (χ4n) is 3.15. The number of hydrogen-bond acceptors (Lipinski definition) is 6. The van der Waals surface area contributed by atoms with Gasteiger partial charge in [-0.25, -0.2) is 4.98 Å². The van der Waals surface area contributed by atoms with Crippen LogP contribution in [0.1, 0.15) is 5.56 Å². The van der Waals surface area contributed by atoms with Gasteiger partial charge < -0.3 is 9.64 Å². The maximum absolute atomic E-state index is 12.7. The highest BCUT2D eigenvalue weighted by Gasteiger charge is 2.31. The highest BCUT2D eigenvalue weighted by atomic mass is 35.5. The topological polar surface area (TPSA) is 78.1 Å². The number of anilines is 1. The van der Waals surface area contributed by atoms with Crippen LogP contribution < -0.4 is 10.5 Å². The number of halogens is 4. The first-order valence-corrected chi connectivity index (χ1v) is 9.36. The van der Waals surface area contributed by atoms with Crippen molar-refractivity contribution in [2.45, 2.75) is 18.8 Å². The van der Waals surface area contributed by atoms with Crippen molar-refractivity contribution in [2.24, 2.45) is 0 Å². The summed E-state index contributed by atoms with van der Waals surface area (Å²) < 4.78 is 46.5. The van der Waals surface area contributed by atoms with Gasteiger partial charge in [0.25, 0.3) is 5.56 Å². The molecule has 1 aliphatic rings. The van der Waals surface area contributed by atoms with Gasteiger partial charge in [-0.3, -0.25) is 9.48 Å². The zero-order chi connectivity index (χ0) is 21.3. The third kappa shape index (κ3) is 4.17. The first-order chi connectivity index (χ1) is 14.3. The van der Waals surface area contributed by atoms with Crippen LogP contribution in [-0.2, 0) is 17.5 Å². The van der Waals surface area contributed by atoms with Crippen LogP contribution in [0.15, 0.2) is 47.8 Å². The van der Waals surface area contributed by atoms with Gasteiger partial charge in [-0.15, -0.1) is 0 Å². The highest BCUT2D eigenvalue weighted by molar-refractivity contribution is 6.33. The van der Waals surface area contributed by atoms with Crippen LogP contribution in [0, 0.1) is 0 Å². The highest BCUT2D eigenvalue weighted by Crippen LogP contribution is 2.29. The van der Waals surface area contributed by atoms with Gasteiger partial charge in [0.05, 0.1) is 36.7 Å². The molecule has 1 fully saturated rings. The normalized spacial score (nSPS) is 17.3. The first kappa shape index (κ1) is 20.4. The molecule has 0 aromatic carbocycles. The summed E-state index contributed by atoms with van der Waals surface area (Å²) >= 11 is 6.29. The summed E-state index contributed by atoms with van der Waals surface area (Å²) in [5.41, 5.74) is -1.16. The molecule has 0 amide bonds. The van der Waals surface area contributed by atoms with Crippen LogP contribution in [0.5, 0.6) is 0 Å². The van der Waals surface area contributed by atoms with Gasteiger partial charge in [0.15, 0.2) is 5.82 Å². The molecule has 0 N–H and O–H groups in total. The lowest BCUT2D eigenvalue weighted by Gasteiger charge is -2.34. The molecule has 4 heterocycles. The average Bonchev–Trinajstić information content (AvgIpc) is 3.23. The second-order valence-electron chi connectivity index (χ2n) is 6.63. The van der Waals surface area contributed by atoms with Gasteiger partial charge in [0.2, 0.25) is 0 Å². The second-order valence-corrected chi connectivity index (χ2v) is 7.01. The zero-order valence-electron chi connectivity index (χ0n) is 15.5. The van der Waals surface area contributed by atoms with E-state index in [1.54, 1.807) is 10.9 Å². The Hall–Kier alpha value is -2.92. The SMILES string of the molecule is O=c1c(Cl)c(N2CCOC(Cn3cccn3)C2)cnn1-c1ccc(C(F)(F)F)cn1. The molecule has 1 unspecified atom stereocenters. The largest absolute Gasteiger partial charge is 0.417 e. The molecule has 0 aliphatic carbocycles. The average molecular weight is 441 g/mol. The Morgan fingerprint density at radius 3 is 2.73 bits per heavy atom. The molecule has 0 saturated carbocycles. The van der Waals surface area contributed by atoms with Gasteiger partial charge in [-0.05, 0) is 18.2 Å². The van der Waals surface area contributed by atoms with Crippen molar-refractivity contribution >= 4 is 17.3 Å². The fourth-order valence-corrected chi connectivity index (χ4v) is 3.40. The van der Waals surface area contributed by atoms with Crippen LogP contribution in [0.4, 0.5) is 18.9 Å². The molecule has 4 rings (SSSR count). The van der Waals surface area contributed by atoms with E-state index in [0.717, 1.165) is 16.8 Å². The molecule has 30 heavy (non-hydrogen) atoms. The fraction of sp³-hybridized carbons (Fsp3) is 0.333. The van der Waals surface area contributed by atoms with Crippen LogP contribution in [-0.4, -0.2) is 50.3 Å². The molecule has 12 heteroatoms. The first-order valence-electron chi connectivity index (χ1n) is 8.98. The Labute approximate surface area is 173 Å². The zero-order valence-corrected chi connectivity index (χ0v) is 16.2. The molecule has 1 saturated heterocycles. The summed E-state index contributed by atoms with van der Waals surface area (Å²) in [7, 11) is 0. The van der Waals surface area contributed by atoms with Gasteiger partial charge in [-0.2, -0.15) is 28.1 Å². The summed E-state index contributed by atoms with van der Waals surface area (Å²) in [4.78, 5) is 18.3. The van der Waals surface area contributed by atoms with E-state index >= 15 is 0 Å². The van der Waals surface area contributed by atoms with Crippen LogP contribution in [0.3, 0.4) is 0 Å². The molecule has 3 aromatic heterocycles. The van der Waals surface area contributed by atoms with E-state index in [1.165, 1.54) is 6.20 Å². The molecular weight excluding hydrogens is 425 g/mol. The number of rotatable bonds is 4. The van der Waals surface area contributed by atoms with E-state index in [1.807, 2.05) is 17.2 Å². The molecule has 0 bridgehead atoms. The number of alkyl halides is 3. The molecule has 0 spiro atoms. The lowest BCUT2D eigenvalue weighted by atomic mass is 10.2. The van der Waals surface area contributed by atoms with Gasteiger partial charge in [0, 0.05) is 31.7 Å². The van der Waals surface area contributed by atoms with E-state index in [-0.39, 0.29) is 16.9 Å². The van der Waals surface area contributed by atoms with Crippen molar-refractivity contribution in [3.8, 4) is 5.82 Å². The molecule has 1 atom stereocenters. The number of hydrogen-bond donors (Lipinski definition) is 0. The monoisotopic (exact) mass is 440 g/mol. The number of morpholine rings is 1. The second kappa shape index (κ2) is 8.07. The minimum atomic E-state index is -4.52. The van der Waals surface area contributed by atoms with Crippen LogP contribution in [0.25, 0.3) is 5.82 Å². The smallest absolute Gasteiger partial charge is 0.373 e.